The second-order valence-corrected chi connectivity index (χ2v) is 4.23. The van der Waals surface area contributed by atoms with Crippen LogP contribution in [0.3, 0.4) is 0 Å². The Kier molecular flexibility index (Phi) is 4.75. The van der Waals surface area contributed by atoms with E-state index in [-0.39, 0.29) is 0 Å². The van der Waals surface area contributed by atoms with Crippen LogP contribution in [0.15, 0.2) is 42.6 Å². The van der Waals surface area contributed by atoms with E-state index in [1.807, 2.05) is 31.2 Å². The molecule has 0 unspecified atom stereocenters. The number of rotatable bonds is 6. The van der Waals surface area contributed by atoms with Gasteiger partial charge in [-0.05, 0) is 24.1 Å². The maximum Gasteiger partial charge on any atom is 0.125 e. The lowest BCUT2D eigenvalue weighted by atomic mass is 10.1. The van der Waals surface area contributed by atoms with E-state index < -0.39 is 0 Å². The predicted octanol–water partition coefficient (Wildman–Crippen LogP) is 2.81. The summed E-state index contributed by atoms with van der Waals surface area (Å²) < 4.78 is 5.47. The zero-order valence-electron chi connectivity index (χ0n) is 11.1. The fraction of sp³-hybridized carbons (Fsp3) is 0.267. The molecule has 0 saturated heterocycles. The maximum absolute atomic E-state index is 5.65. The van der Waals surface area contributed by atoms with E-state index in [2.05, 4.69) is 22.4 Å². The Morgan fingerprint density at radius 2 is 2.00 bits per heavy atom. The van der Waals surface area contributed by atoms with Gasteiger partial charge in [0, 0.05) is 31.1 Å². The first-order valence-corrected chi connectivity index (χ1v) is 6.39. The van der Waals surface area contributed by atoms with Crippen molar-refractivity contribution in [3.8, 4) is 0 Å². The normalized spacial score (nSPS) is 10.4. The summed E-state index contributed by atoms with van der Waals surface area (Å²) in [6, 6.07) is 12.0. The van der Waals surface area contributed by atoms with Gasteiger partial charge in [0.15, 0.2) is 0 Å². The molecule has 0 bridgehead atoms. The minimum Gasteiger partial charge on any atom is -0.384 e. The third-order valence-electron chi connectivity index (χ3n) is 2.84. The quantitative estimate of drug-likeness (QED) is 0.835. The molecule has 0 aliphatic rings. The Morgan fingerprint density at radius 1 is 1.21 bits per heavy atom. The Labute approximate surface area is 113 Å². The van der Waals surface area contributed by atoms with E-state index in [0.29, 0.717) is 12.4 Å². The van der Waals surface area contributed by atoms with Gasteiger partial charge < -0.3 is 15.8 Å². The summed E-state index contributed by atoms with van der Waals surface area (Å²) in [5.41, 5.74) is 9.06. The van der Waals surface area contributed by atoms with Crippen LogP contribution >= 0.6 is 0 Å². The highest BCUT2D eigenvalue weighted by molar-refractivity contribution is 5.50. The van der Waals surface area contributed by atoms with Crippen molar-refractivity contribution in [2.75, 3.05) is 17.7 Å². The highest BCUT2D eigenvalue weighted by atomic mass is 16.5. The van der Waals surface area contributed by atoms with Crippen LogP contribution < -0.4 is 11.1 Å². The average Bonchev–Trinajstić information content (AvgIpc) is 2.44. The standard InChI is InChI=1S/C15H19N3O/c1-2-19-11-13-6-4-3-5-12(13)10-18-14-7-8-17-15(16)9-14/h3-9H,2,10-11H2,1H3,(H3,16,17,18). The minimum absolute atomic E-state index is 0.521. The lowest BCUT2D eigenvalue weighted by molar-refractivity contribution is 0.133. The van der Waals surface area contributed by atoms with Gasteiger partial charge in [-0.1, -0.05) is 24.3 Å². The molecular weight excluding hydrogens is 238 g/mol. The van der Waals surface area contributed by atoms with E-state index >= 15 is 0 Å². The van der Waals surface area contributed by atoms with Crippen LogP contribution in [0, 0.1) is 0 Å². The molecule has 1 aromatic carbocycles. The fourth-order valence-electron chi connectivity index (χ4n) is 1.84. The van der Waals surface area contributed by atoms with Crippen molar-refractivity contribution in [1.82, 2.24) is 4.98 Å². The van der Waals surface area contributed by atoms with Gasteiger partial charge in [-0.25, -0.2) is 4.98 Å². The predicted molar refractivity (Wildman–Crippen MR) is 77.7 cm³/mol. The Hall–Kier alpha value is -2.07. The number of hydrogen-bond acceptors (Lipinski definition) is 4. The molecule has 19 heavy (non-hydrogen) atoms. The molecule has 0 amide bonds. The summed E-state index contributed by atoms with van der Waals surface area (Å²) in [7, 11) is 0. The molecule has 1 aromatic heterocycles. The Bertz CT molecular complexity index is 528. The minimum atomic E-state index is 0.521. The summed E-state index contributed by atoms with van der Waals surface area (Å²) in [6.45, 7) is 4.11. The van der Waals surface area contributed by atoms with Crippen LogP contribution in [0.1, 0.15) is 18.1 Å². The summed E-state index contributed by atoms with van der Waals surface area (Å²) in [6.07, 6.45) is 1.70. The van der Waals surface area contributed by atoms with Crippen LogP contribution in [0.2, 0.25) is 0 Å². The molecule has 3 N–H and O–H groups in total. The molecule has 0 aliphatic carbocycles. The van der Waals surface area contributed by atoms with Crippen molar-refractivity contribution in [2.24, 2.45) is 0 Å². The molecular formula is C15H19N3O. The number of nitrogens with one attached hydrogen (secondary N) is 1. The number of anilines is 2. The molecule has 4 heteroatoms. The molecule has 1 heterocycles. The number of nitrogens with two attached hydrogens (primary N) is 1. The van der Waals surface area contributed by atoms with E-state index in [4.69, 9.17) is 10.5 Å². The number of aromatic nitrogens is 1. The van der Waals surface area contributed by atoms with Gasteiger partial charge in [0.1, 0.15) is 5.82 Å². The van der Waals surface area contributed by atoms with Crippen molar-refractivity contribution < 1.29 is 4.74 Å². The Balaban J connectivity index is 2.02. The van der Waals surface area contributed by atoms with E-state index in [1.165, 1.54) is 11.1 Å². The number of hydrogen-bond donors (Lipinski definition) is 2. The third-order valence-corrected chi connectivity index (χ3v) is 2.84. The number of pyridine rings is 1. The smallest absolute Gasteiger partial charge is 0.125 e. The molecule has 0 spiro atoms. The van der Waals surface area contributed by atoms with Gasteiger partial charge in [0.05, 0.1) is 6.61 Å². The lowest BCUT2D eigenvalue weighted by Gasteiger charge is -2.11. The number of benzene rings is 1. The molecule has 2 aromatic rings. The zero-order valence-corrected chi connectivity index (χ0v) is 11.1. The van der Waals surface area contributed by atoms with Crippen LogP contribution in [0.5, 0.6) is 0 Å². The molecule has 0 atom stereocenters. The summed E-state index contributed by atoms with van der Waals surface area (Å²) in [5.74, 6) is 0.521. The van der Waals surface area contributed by atoms with Crippen molar-refractivity contribution >= 4 is 11.5 Å². The van der Waals surface area contributed by atoms with Gasteiger partial charge in [-0.15, -0.1) is 0 Å². The van der Waals surface area contributed by atoms with Crippen molar-refractivity contribution in [1.29, 1.82) is 0 Å². The first-order chi connectivity index (χ1) is 9.29. The van der Waals surface area contributed by atoms with Crippen LogP contribution in [0.4, 0.5) is 11.5 Å². The molecule has 2 rings (SSSR count). The van der Waals surface area contributed by atoms with Crippen LogP contribution in [-0.2, 0) is 17.9 Å². The number of ether oxygens (including phenoxy) is 1. The van der Waals surface area contributed by atoms with Gasteiger partial charge in [0.2, 0.25) is 0 Å². The summed E-state index contributed by atoms with van der Waals surface area (Å²) in [4.78, 5) is 3.97. The highest BCUT2D eigenvalue weighted by Crippen LogP contribution is 2.14. The number of nitrogens with zero attached hydrogens (tertiary/aromatic N) is 1. The van der Waals surface area contributed by atoms with Gasteiger partial charge in [0.25, 0.3) is 0 Å². The molecule has 0 fully saturated rings. The topological polar surface area (TPSA) is 60.2 Å². The van der Waals surface area contributed by atoms with Crippen LogP contribution in [0.25, 0.3) is 0 Å². The van der Waals surface area contributed by atoms with Crippen LogP contribution in [-0.4, -0.2) is 11.6 Å². The molecule has 0 radical (unpaired) electrons. The molecule has 100 valence electrons. The first kappa shape index (κ1) is 13.4. The second kappa shape index (κ2) is 6.75. The van der Waals surface area contributed by atoms with Gasteiger partial charge in [-0.2, -0.15) is 0 Å². The Morgan fingerprint density at radius 3 is 2.74 bits per heavy atom. The largest absolute Gasteiger partial charge is 0.384 e. The van der Waals surface area contributed by atoms with E-state index in [9.17, 15) is 0 Å². The monoisotopic (exact) mass is 257 g/mol. The summed E-state index contributed by atoms with van der Waals surface area (Å²) >= 11 is 0. The van der Waals surface area contributed by atoms with Gasteiger partial charge >= 0.3 is 0 Å². The van der Waals surface area contributed by atoms with Gasteiger partial charge in [-0.3, -0.25) is 0 Å². The van der Waals surface area contributed by atoms with Crippen molar-refractivity contribution in [3.05, 3.63) is 53.7 Å². The highest BCUT2D eigenvalue weighted by Gasteiger charge is 2.02. The van der Waals surface area contributed by atoms with E-state index in [0.717, 1.165) is 18.8 Å². The van der Waals surface area contributed by atoms with Crippen molar-refractivity contribution in [3.63, 3.8) is 0 Å². The second-order valence-electron chi connectivity index (χ2n) is 4.23. The first-order valence-electron chi connectivity index (χ1n) is 6.39. The molecule has 4 nitrogen and oxygen atoms in total. The summed E-state index contributed by atoms with van der Waals surface area (Å²) in [5, 5.41) is 3.34. The average molecular weight is 257 g/mol. The maximum atomic E-state index is 5.65. The SMILES string of the molecule is CCOCc1ccccc1CNc1ccnc(N)c1. The van der Waals surface area contributed by atoms with E-state index in [1.54, 1.807) is 6.20 Å². The molecule has 0 saturated carbocycles. The zero-order chi connectivity index (χ0) is 13.5. The lowest BCUT2D eigenvalue weighted by Crippen LogP contribution is -2.04. The number of nitrogen functional groups attached to an aromatic ring is 1. The molecule has 0 aliphatic heterocycles. The fourth-order valence-corrected chi connectivity index (χ4v) is 1.84. The third kappa shape index (κ3) is 3.96. The van der Waals surface area contributed by atoms with Crippen molar-refractivity contribution in [2.45, 2.75) is 20.1 Å².